The molecule has 2 heterocycles. The number of rotatable bonds is 5. The Morgan fingerprint density at radius 3 is 2.83 bits per heavy atom. The van der Waals surface area contributed by atoms with E-state index in [1.807, 2.05) is 42.5 Å². The lowest BCUT2D eigenvalue weighted by atomic mass is 10.0. The molecule has 0 aliphatic carbocycles. The lowest BCUT2D eigenvalue weighted by molar-refractivity contribution is 0.188. The molecule has 0 radical (unpaired) electrons. The molecule has 0 saturated carbocycles. The normalized spacial score (nSPS) is 18.6. The van der Waals surface area contributed by atoms with Crippen LogP contribution in [0.3, 0.4) is 0 Å². The summed E-state index contributed by atoms with van der Waals surface area (Å²) < 4.78 is 1.80. The van der Waals surface area contributed by atoms with Gasteiger partial charge in [-0.15, -0.1) is 0 Å². The first-order valence-corrected chi connectivity index (χ1v) is 8.77. The number of urea groups is 1. The smallest absolute Gasteiger partial charge is 0.318 e. The highest BCUT2D eigenvalue weighted by molar-refractivity contribution is 5.75. The molecule has 128 valence electrons. The van der Waals surface area contributed by atoms with Crippen molar-refractivity contribution in [1.29, 1.82) is 0 Å². The zero-order chi connectivity index (χ0) is 16.9. The minimum atomic E-state index is 0.0455. The molecule has 5 heteroatoms. The SMILES string of the molecule is CCC(Cc1ccccc1)NC(=O)N1CCCC1c1cnn(C)c1. The Morgan fingerprint density at radius 1 is 1.38 bits per heavy atom. The van der Waals surface area contributed by atoms with E-state index >= 15 is 0 Å². The summed E-state index contributed by atoms with van der Waals surface area (Å²) in [6.07, 6.45) is 7.73. The van der Waals surface area contributed by atoms with Gasteiger partial charge >= 0.3 is 6.03 Å². The van der Waals surface area contributed by atoms with Gasteiger partial charge in [0.2, 0.25) is 0 Å². The fraction of sp³-hybridized carbons (Fsp3) is 0.474. The number of hydrogen-bond donors (Lipinski definition) is 1. The molecule has 1 fully saturated rings. The number of carbonyl (C=O) groups excluding carboxylic acids is 1. The molecule has 24 heavy (non-hydrogen) atoms. The number of nitrogens with zero attached hydrogens (tertiary/aromatic N) is 3. The van der Waals surface area contributed by atoms with Gasteiger partial charge in [0, 0.05) is 31.4 Å². The van der Waals surface area contributed by atoms with Crippen molar-refractivity contribution in [3.8, 4) is 0 Å². The maximum atomic E-state index is 12.8. The Balaban J connectivity index is 1.64. The van der Waals surface area contributed by atoms with E-state index in [1.165, 1.54) is 5.56 Å². The molecule has 2 unspecified atom stereocenters. The van der Waals surface area contributed by atoms with E-state index < -0.39 is 0 Å². The molecule has 1 aromatic heterocycles. The zero-order valence-corrected chi connectivity index (χ0v) is 14.5. The van der Waals surface area contributed by atoms with Crippen LogP contribution in [0.1, 0.15) is 43.4 Å². The van der Waals surface area contributed by atoms with Crippen LogP contribution < -0.4 is 5.32 Å². The van der Waals surface area contributed by atoms with Gasteiger partial charge in [-0.2, -0.15) is 5.10 Å². The summed E-state index contributed by atoms with van der Waals surface area (Å²) in [5, 5.41) is 7.47. The van der Waals surface area contributed by atoms with Crippen LogP contribution in [-0.2, 0) is 13.5 Å². The van der Waals surface area contributed by atoms with Crippen LogP contribution in [0.2, 0.25) is 0 Å². The second-order valence-corrected chi connectivity index (χ2v) is 6.54. The quantitative estimate of drug-likeness (QED) is 0.916. The zero-order valence-electron chi connectivity index (χ0n) is 14.5. The predicted octanol–water partition coefficient (Wildman–Crippen LogP) is 3.29. The van der Waals surface area contributed by atoms with Crippen molar-refractivity contribution < 1.29 is 4.79 Å². The van der Waals surface area contributed by atoms with Crippen LogP contribution in [0.4, 0.5) is 4.79 Å². The second-order valence-electron chi connectivity index (χ2n) is 6.54. The van der Waals surface area contributed by atoms with Crippen molar-refractivity contribution >= 4 is 6.03 Å². The number of benzene rings is 1. The van der Waals surface area contributed by atoms with Crippen LogP contribution in [-0.4, -0.2) is 33.3 Å². The molecule has 3 rings (SSSR count). The van der Waals surface area contributed by atoms with E-state index in [2.05, 4.69) is 29.5 Å². The fourth-order valence-electron chi connectivity index (χ4n) is 3.42. The number of carbonyl (C=O) groups is 1. The van der Waals surface area contributed by atoms with E-state index in [0.717, 1.165) is 37.8 Å². The highest BCUT2D eigenvalue weighted by Crippen LogP contribution is 2.31. The van der Waals surface area contributed by atoms with Crippen LogP contribution >= 0.6 is 0 Å². The van der Waals surface area contributed by atoms with Crippen molar-refractivity contribution in [3.05, 3.63) is 53.9 Å². The molecular formula is C19H26N4O. The first-order chi connectivity index (χ1) is 11.7. The van der Waals surface area contributed by atoms with E-state index in [9.17, 15) is 4.79 Å². The average Bonchev–Trinajstić information content (AvgIpc) is 3.23. The van der Waals surface area contributed by atoms with Crippen LogP contribution in [0, 0.1) is 0 Å². The Kier molecular flexibility index (Phi) is 5.18. The van der Waals surface area contributed by atoms with Crippen LogP contribution in [0.25, 0.3) is 0 Å². The number of nitrogens with one attached hydrogen (secondary N) is 1. The molecule has 2 amide bonds. The maximum absolute atomic E-state index is 12.8. The first-order valence-electron chi connectivity index (χ1n) is 8.77. The summed E-state index contributed by atoms with van der Waals surface area (Å²) in [6.45, 7) is 2.93. The standard InChI is InChI=1S/C19H26N4O/c1-3-17(12-15-8-5-4-6-9-15)21-19(24)23-11-7-10-18(23)16-13-20-22(2)14-16/h4-6,8-9,13-14,17-18H,3,7,10-12H2,1-2H3,(H,21,24). The van der Waals surface area contributed by atoms with Crippen molar-refractivity contribution in [1.82, 2.24) is 20.0 Å². The summed E-state index contributed by atoms with van der Waals surface area (Å²) in [5.74, 6) is 0. The third kappa shape index (κ3) is 3.78. The summed E-state index contributed by atoms with van der Waals surface area (Å²) in [7, 11) is 1.91. The average molecular weight is 326 g/mol. The summed E-state index contributed by atoms with van der Waals surface area (Å²) in [6, 6.07) is 10.7. The monoisotopic (exact) mass is 326 g/mol. The van der Waals surface area contributed by atoms with Gasteiger partial charge in [0.15, 0.2) is 0 Å². The van der Waals surface area contributed by atoms with Gasteiger partial charge in [-0.3, -0.25) is 4.68 Å². The molecule has 2 atom stereocenters. The summed E-state index contributed by atoms with van der Waals surface area (Å²) in [5.41, 5.74) is 2.39. The Bertz CT molecular complexity index is 667. The van der Waals surface area contributed by atoms with Crippen molar-refractivity contribution in [3.63, 3.8) is 0 Å². The Labute approximate surface area is 143 Å². The molecule has 0 bridgehead atoms. The Hall–Kier alpha value is -2.30. The van der Waals surface area contributed by atoms with Gasteiger partial charge < -0.3 is 10.2 Å². The fourth-order valence-corrected chi connectivity index (χ4v) is 3.42. The van der Waals surface area contributed by atoms with E-state index in [-0.39, 0.29) is 18.1 Å². The molecule has 1 aromatic carbocycles. The predicted molar refractivity (Wildman–Crippen MR) is 94.6 cm³/mol. The van der Waals surface area contributed by atoms with E-state index in [4.69, 9.17) is 0 Å². The van der Waals surface area contributed by atoms with Gasteiger partial charge in [-0.25, -0.2) is 4.79 Å². The summed E-state index contributed by atoms with van der Waals surface area (Å²) in [4.78, 5) is 14.7. The minimum absolute atomic E-state index is 0.0455. The van der Waals surface area contributed by atoms with Gasteiger partial charge in [0.05, 0.1) is 12.2 Å². The van der Waals surface area contributed by atoms with Crippen molar-refractivity contribution in [2.45, 2.75) is 44.7 Å². The maximum Gasteiger partial charge on any atom is 0.318 e. The molecule has 5 nitrogen and oxygen atoms in total. The van der Waals surface area contributed by atoms with Gasteiger partial charge in [-0.05, 0) is 31.2 Å². The minimum Gasteiger partial charge on any atom is -0.335 e. The molecule has 0 spiro atoms. The number of hydrogen-bond acceptors (Lipinski definition) is 2. The van der Waals surface area contributed by atoms with Gasteiger partial charge in [0.25, 0.3) is 0 Å². The van der Waals surface area contributed by atoms with Gasteiger partial charge in [-0.1, -0.05) is 37.3 Å². The van der Waals surface area contributed by atoms with Crippen LogP contribution in [0.5, 0.6) is 0 Å². The number of aryl methyl sites for hydroxylation is 1. The molecule has 1 aliphatic rings. The summed E-state index contributed by atoms with van der Waals surface area (Å²) >= 11 is 0. The molecule has 1 N–H and O–H groups in total. The highest BCUT2D eigenvalue weighted by Gasteiger charge is 2.31. The number of amides is 2. The number of likely N-dealkylation sites (tertiary alicyclic amines) is 1. The molecule has 2 aromatic rings. The molecular weight excluding hydrogens is 300 g/mol. The lowest BCUT2D eigenvalue weighted by Gasteiger charge is -2.27. The largest absolute Gasteiger partial charge is 0.335 e. The van der Waals surface area contributed by atoms with Gasteiger partial charge in [0.1, 0.15) is 0 Å². The first kappa shape index (κ1) is 16.6. The topological polar surface area (TPSA) is 50.2 Å². The Morgan fingerprint density at radius 2 is 2.17 bits per heavy atom. The third-order valence-electron chi connectivity index (χ3n) is 4.77. The third-order valence-corrected chi connectivity index (χ3v) is 4.77. The van der Waals surface area contributed by atoms with E-state index in [1.54, 1.807) is 4.68 Å². The number of aromatic nitrogens is 2. The van der Waals surface area contributed by atoms with E-state index in [0.29, 0.717) is 0 Å². The van der Waals surface area contributed by atoms with Crippen LogP contribution in [0.15, 0.2) is 42.7 Å². The highest BCUT2D eigenvalue weighted by atomic mass is 16.2. The van der Waals surface area contributed by atoms with Crippen molar-refractivity contribution in [2.75, 3.05) is 6.54 Å². The molecule has 1 saturated heterocycles. The lowest BCUT2D eigenvalue weighted by Crippen LogP contribution is -2.45. The molecule has 1 aliphatic heterocycles. The second kappa shape index (κ2) is 7.51. The van der Waals surface area contributed by atoms with Crippen molar-refractivity contribution in [2.24, 2.45) is 7.05 Å².